The lowest BCUT2D eigenvalue weighted by atomic mass is 10.3. The molecule has 0 radical (unpaired) electrons. The second kappa shape index (κ2) is 8.72. The lowest BCUT2D eigenvalue weighted by Crippen LogP contribution is -2.35. The van der Waals surface area contributed by atoms with Crippen LogP contribution in [0, 0.1) is 17.1 Å². The number of nitrogens with zero attached hydrogens (tertiary/aromatic N) is 1. The molecule has 0 aliphatic carbocycles. The number of carbonyl (C=O) groups excluding carboxylic acids is 2. The molecule has 2 aromatic rings. The number of esters is 1. The van der Waals surface area contributed by atoms with Gasteiger partial charge in [0.05, 0.1) is 10.5 Å². The normalized spacial score (nSPS) is 12.0. The van der Waals surface area contributed by atoms with Crippen LogP contribution < -0.4 is 10.0 Å². The van der Waals surface area contributed by atoms with Crippen molar-refractivity contribution in [2.45, 2.75) is 17.9 Å². The van der Waals surface area contributed by atoms with Gasteiger partial charge in [0.25, 0.3) is 5.91 Å². The van der Waals surface area contributed by atoms with Gasteiger partial charge in [-0.25, -0.2) is 12.8 Å². The van der Waals surface area contributed by atoms with Gasteiger partial charge < -0.3 is 10.1 Å². The highest BCUT2D eigenvalue weighted by atomic mass is 32.2. The molecule has 0 saturated heterocycles. The zero-order valence-corrected chi connectivity index (χ0v) is 15.6. The number of halogens is 1. The van der Waals surface area contributed by atoms with Gasteiger partial charge >= 0.3 is 5.97 Å². The van der Waals surface area contributed by atoms with Crippen LogP contribution in [0.1, 0.15) is 12.5 Å². The monoisotopic (exact) mass is 411 g/mol. The molecule has 0 unspecified atom stereocenters. The Morgan fingerprint density at radius 1 is 1.37 bits per heavy atom. The summed E-state index contributed by atoms with van der Waals surface area (Å²) < 4.78 is 43.9. The minimum atomic E-state index is -4.11. The van der Waals surface area contributed by atoms with Crippen molar-refractivity contribution >= 4 is 38.2 Å². The molecule has 0 aliphatic heterocycles. The summed E-state index contributed by atoms with van der Waals surface area (Å²) in [4.78, 5) is 23.4. The molecule has 0 fully saturated rings. The Morgan fingerprint density at radius 3 is 2.78 bits per heavy atom. The highest BCUT2D eigenvalue weighted by Crippen LogP contribution is 2.22. The van der Waals surface area contributed by atoms with Gasteiger partial charge in [-0.1, -0.05) is 6.07 Å². The van der Waals surface area contributed by atoms with E-state index in [4.69, 9.17) is 10.00 Å². The lowest BCUT2D eigenvalue weighted by Gasteiger charge is -2.13. The number of nitrogens with one attached hydrogen (secondary N) is 2. The van der Waals surface area contributed by atoms with E-state index in [1.165, 1.54) is 25.1 Å². The first-order valence-corrected chi connectivity index (χ1v) is 9.82. The zero-order valence-electron chi connectivity index (χ0n) is 13.9. The van der Waals surface area contributed by atoms with Crippen molar-refractivity contribution in [1.29, 1.82) is 5.26 Å². The molecule has 1 aromatic carbocycles. The Bertz CT molecular complexity index is 997. The number of ether oxygens (including phenoxy) is 1. The van der Waals surface area contributed by atoms with Crippen molar-refractivity contribution in [2.24, 2.45) is 0 Å². The van der Waals surface area contributed by atoms with Crippen LogP contribution in [-0.4, -0.2) is 32.9 Å². The third kappa shape index (κ3) is 5.58. The maximum absolute atomic E-state index is 13.1. The SMILES string of the molecule is C[C@H](OC(=O)CNS(=O)(=O)c1cccc(F)c1)C(=O)Nc1sccc1C#N. The molecule has 8 nitrogen and oxygen atoms in total. The molecule has 0 aliphatic rings. The first-order chi connectivity index (χ1) is 12.7. The average Bonchev–Trinajstić information content (AvgIpc) is 3.07. The van der Waals surface area contributed by atoms with Crippen molar-refractivity contribution in [2.75, 3.05) is 11.9 Å². The Hall–Kier alpha value is -2.81. The molecular weight excluding hydrogens is 397 g/mol. The number of sulfonamides is 1. The van der Waals surface area contributed by atoms with Crippen LogP contribution in [0.2, 0.25) is 0 Å². The van der Waals surface area contributed by atoms with E-state index in [0.717, 1.165) is 23.5 Å². The summed E-state index contributed by atoms with van der Waals surface area (Å²) in [5.74, 6) is -2.41. The van der Waals surface area contributed by atoms with E-state index >= 15 is 0 Å². The quantitative estimate of drug-likeness (QED) is 0.667. The molecule has 27 heavy (non-hydrogen) atoms. The summed E-state index contributed by atoms with van der Waals surface area (Å²) in [6, 6.07) is 7.70. The van der Waals surface area contributed by atoms with Crippen molar-refractivity contribution in [1.82, 2.24) is 4.72 Å². The third-order valence-electron chi connectivity index (χ3n) is 3.21. The van der Waals surface area contributed by atoms with Gasteiger partial charge in [-0.2, -0.15) is 9.98 Å². The highest BCUT2D eigenvalue weighted by molar-refractivity contribution is 7.89. The van der Waals surface area contributed by atoms with E-state index in [0.29, 0.717) is 5.00 Å². The molecule has 2 N–H and O–H groups in total. The van der Waals surface area contributed by atoms with E-state index < -0.39 is 40.4 Å². The smallest absolute Gasteiger partial charge is 0.321 e. The summed E-state index contributed by atoms with van der Waals surface area (Å²) in [5, 5.41) is 13.3. The van der Waals surface area contributed by atoms with E-state index in [2.05, 4.69) is 5.32 Å². The fourth-order valence-corrected chi connectivity index (χ4v) is 3.61. The van der Waals surface area contributed by atoms with Gasteiger partial charge in [0, 0.05) is 0 Å². The Labute approximate surface area is 158 Å². The highest BCUT2D eigenvalue weighted by Gasteiger charge is 2.21. The van der Waals surface area contributed by atoms with Crippen molar-refractivity contribution < 1.29 is 27.1 Å². The van der Waals surface area contributed by atoms with Gasteiger partial charge in [-0.3, -0.25) is 9.59 Å². The molecule has 0 saturated carbocycles. The number of nitriles is 1. The van der Waals surface area contributed by atoms with Crippen LogP contribution >= 0.6 is 11.3 Å². The number of thiophene rings is 1. The molecule has 142 valence electrons. The van der Waals surface area contributed by atoms with Crippen molar-refractivity contribution in [3.8, 4) is 6.07 Å². The molecule has 0 bridgehead atoms. The van der Waals surface area contributed by atoms with Crippen LogP contribution in [0.5, 0.6) is 0 Å². The summed E-state index contributed by atoms with van der Waals surface area (Å²) in [6.07, 6.45) is -1.22. The molecule has 1 amide bonds. The van der Waals surface area contributed by atoms with Gasteiger partial charge in [0.2, 0.25) is 10.0 Å². The van der Waals surface area contributed by atoms with Crippen LogP contribution in [0.4, 0.5) is 9.39 Å². The molecule has 1 aromatic heterocycles. The fourth-order valence-electron chi connectivity index (χ4n) is 1.87. The summed E-state index contributed by atoms with van der Waals surface area (Å²) in [7, 11) is -4.11. The number of hydrogen-bond acceptors (Lipinski definition) is 7. The first kappa shape index (κ1) is 20.5. The van der Waals surface area contributed by atoms with Crippen molar-refractivity contribution in [3.63, 3.8) is 0 Å². The fraction of sp³-hybridized carbons (Fsp3) is 0.188. The third-order valence-corrected chi connectivity index (χ3v) is 5.44. The van der Waals surface area contributed by atoms with E-state index in [1.807, 2.05) is 10.8 Å². The van der Waals surface area contributed by atoms with E-state index in [-0.39, 0.29) is 10.5 Å². The second-order valence-electron chi connectivity index (χ2n) is 5.18. The number of benzene rings is 1. The Morgan fingerprint density at radius 2 is 2.11 bits per heavy atom. The Kier molecular flexibility index (Phi) is 6.62. The predicted octanol–water partition coefficient (Wildman–Crippen LogP) is 1.61. The van der Waals surface area contributed by atoms with Gasteiger partial charge in [-0.05, 0) is 36.6 Å². The minimum Gasteiger partial charge on any atom is -0.452 e. The molecule has 2 rings (SSSR count). The molecule has 1 heterocycles. The van der Waals surface area contributed by atoms with Gasteiger partial charge in [0.15, 0.2) is 6.10 Å². The average molecular weight is 411 g/mol. The van der Waals surface area contributed by atoms with Crippen LogP contribution in [-0.2, 0) is 24.3 Å². The summed E-state index contributed by atoms with van der Waals surface area (Å²) >= 11 is 1.13. The van der Waals surface area contributed by atoms with Gasteiger partial charge in [0.1, 0.15) is 23.4 Å². The predicted molar refractivity (Wildman–Crippen MR) is 94.8 cm³/mol. The Balaban J connectivity index is 1.89. The number of carbonyl (C=O) groups is 2. The van der Waals surface area contributed by atoms with E-state index in [1.54, 1.807) is 5.38 Å². The van der Waals surface area contributed by atoms with Crippen LogP contribution in [0.25, 0.3) is 0 Å². The standard InChI is InChI=1S/C16H14FN3O5S2/c1-10(15(22)20-16-11(8-18)5-6-26-16)25-14(21)9-19-27(23,24)13-4-2-3-12(17)7-13/h2-7,10,19H,9H2,1H3,(H,20,22)/t10-/m0/s1. The maximum Gasteiger partial charge on any atom is 0.321 e. The molecule has 0 spiro atoms. The first-order valence-electron chi connectivity index (χ1n) is 7.46. The number of rotatable bonds is 7. The van der Waals surface area contributed by atoms with Crippen LogP contribution in [0.3, 0.4) is 0 Å². The largest absolute Gasteiger partial charge is 0.452 e. The number of anilines is 1. The number of amides is 1. The van der Waals surface area contributed by atoms with Crippen LogP contribution in [0.15, 0.2) is 40.6 Å². The summed E-state index contributed by atoms with van der Waals surface area (Å²) in [5.41, 5.74) is 0.273. The molecule has 11 heteroatoms. The van der Waals surface area contributed by atoms with E-state index in [9.17, 15) is 22.4 Å². The minimum absolute atomic E-state index is 0.273. The molecule has 1 atom stereocenters. The topological polar surface area (TPSA) is 125 Å². The van der Waals surface area contributed by atoms with Gasteiger partial charge in [-0.15, -0.1) is 11.3 Å². The van der Waals surface area contributed by atoms with Crippen molar-refractivity contribution in [3.05, 3.63) is 47.1 Å². The lowest BCUT2D eigenvalue weighted by molar-refractivity contribution is -0.151. The second-order valence-corrected chi connectivity index (χ2v) is 7.86. The zero-order chi connectivity index (χ0) is 20.0. The maximum atomic E-state index is 13.1. The molecular formula is C16H14FN3O5S2. The summed E-state index contributed by atoms with van der Waals surface area (Å²) in [6.45, 7) is 0.562. The number of hydrogen-bond donors (Lipinski definition) is 2.